The number of carboxylic acids is 1. The van der Waals surface area contributed by atoms with Crippen LogP contribution in [0.1, 0.15) is 29.0 Å². The lowest BCUT2D eigenvalue weighted by Gasteiger charge is -2.31. The molecule has 0 aliphatic carbocycles. The molecule has 1 N–H and O–H groups in total. The van der Waals surface area contributed by atoms with Gasteiger partial charge in [0.1, 0.15) is 0 Å². The Bertz CT molecular complexity index is 416. The van der Waals surface area contributed by atoms with Crippen molar-refractivity contribution >= 4 is 5.97 Å². The number of nitrogens with zero attached hydrogens (tertiary/aromatic N) is 1. The molecule has 92 valence electrons. The van der Waals surface area contributed by atoms with Gasteiger partial charge in [-0.05, 0) is 18.9 Å². The van der Waals surface area contributed by atoms with Crippen LogP contribution in [0, 0.1) is 0 Å². The molecule has 2 aliphatic rings. The molecule has 3 rings (SSSR count). The van der Waals surface area contributed by atoms with E-state index in [1.54, 1.807) is 6.07 Å². The second-order valence-electron chi connectivity index (χ2n) is 4.73. The highest BCUT2D eigenvalue weighted by molar-refractivity contribution is 5.86. The zero-order chi connectivity index (χ0) is 11.8. The van der Waals surface area contributed by atoms with Gasteiger partial charge in [0.2, 0.25) is 5.76 Å². The van der Waals surface area contributed by atoms with Crippen molar-refractivity contribution in [3.05, 3.63) is 23.7 Å². The summed E-state index contributed by atoms with van der Waals surface area (Å²) in [7, 11) is 0. The molecule has 2 saturated heterocycles. The topological polar surface area (TPSA) is 62.9 Å². The fourth-order valence-corrected chi connectivity index (χ4v) is 2.72. The highest BCUT2D eigenvalue weighted by Gasteiger charge is 2.34. The second kappa shape index (κ2) is 4.16. The van der Waals surface area contributed by atoms with E-state index in [0.29, 0.717) is 18.8 Å². The van der Waals surface area contributed by atoms with Crippen molar-refractivity contribution in [2.45, 2.75) is 31.6 Å². The zero-order valence-corrected chi connectivity index (χ0v) is 9.46. The summed E-state index contributed by atoms with van der Waals surface area (Å²) >= 11 is 0. The third-order valence-corrected chi connectivity index (χ3v) is 3.45. The highest BCUT2D eigenvalue weighted by Crippen LogP contribution is 2.27. The summed E-state index contributed by atoms with van der Waals surface area (Å²) in [6, 6.07) is 1.74. The molecular formula is C12H15NO4. The van der Waals surface area contributed by atoms with Gasteiger partial charge in [0.15, 0.2) is 0 Å². The predicted octanol–water partition coefficient (Wildman–Crippen LogP) is 1.34. The summed E-state index contributed by atoms with van der Waals surface area (Å²) in [5, 5.41) is 8.96. The van der Waals surface area contributed by atoms with Gasteiger partial charge in [0.25, 0.3) is 0 Å². The van der Waals surface area contributed by atoms with Gasteiger partial charge in [-0.3, -0.25) is 4.90 Å². The molecule has 0 aromatic carbocycles. The number of morpholine rings is 1. The van der Waals surface area contributed by atoms with Gasteiger partial charge in [-0.15, -0.1) is 0 Å². The Morgan fingerprint density at radius 3 is 2.76 bits per heavy atom. The molecule has 2 fully saturated rings. The van der Waals surface area contributed by atoms with E-state index in [-0.39, 0.29) is 5.76 Å². The first-order chi connectivity index (χ1) is 8.22. The summed E-state index contributed by atoms with van der Waals surface area (Å²) in [4.78, 5) is 13.2. The van der Waals surface area contributed by atoms with E-state index >= 15 is 0 Å². The number of fused-ring (bicyclic) bond motifs is 2. The molecule has 0 saturated carbocycles. The summed E-state index contributed by atoms with van der Waals surface area (Å²) in [5.41, 5.74) is 0.749. The van der Waals surface area contributed by atoms with E-state index in [2.05, 4.69) is 4.90 Å². The van der Waals surface area contributed by atoms with Crippen LogP contribution in [-0.4, -0.2) is 41.3 Å². The van der Waals surface area contributed by atoms with Gasteiger partial charge in [-0.25, -0.2) is 4.79 Å². The average molecular weight is 237 g/mol. The minimum Gasteiger partial charge on any atom is -0.475 e. The third kappa shape index (κ3) is 2.08. The van der Waals surface area contributed by atoms with Crippen LogP contribution in [-0.2, 0) is 11.3 Å². The van der Waals surface area contributed by atoms with Crippen LogP contribution in [0.3, 0.4) is 0 Å². The Morgan fingerprint density at radius 1 is 1.41 bits per heavy atom. The first kappa shape index (κ1) is 10.8. The van der Waals surface area contributed by atoms with Crippen LogP contribution in [0.25, 0.3) is 0 Å². The first-order valence-electron chi connectivity index (χ1n) is 5.90. The lowest BCUT2D eigenvalue weighted by atomic mass is 10.2. The molecule has 2 bridgehead atoms. The number of likely N-dealkylation sites (tertiary alicyclic amines) is 1. The first-order valence-corrected chi connectivity index (χ1v) is 5.90. The number of rotatable bonds is 3. The van der Waals surface area contributed by atoms with E-state index in [1.807, 2.05) is 0 Å². The molecule has 0 radical (unpaired) electrons. The van der Waals surface area contributed by atoms with Crippen molar-refractivity contribution in [2.24, 2.45) is 0 Å². The number of hydrogen-bond acceptors (Lipinski definition) is 4. The number of ether oxygens (including phenoxy) is 1. The van der Waals surface area contributed by atoms with Crippen LogP contribution < -0.4 is 0 Å². The Morgan fingerprint density at radius 2 is 2.12 bits per heavy atom. The van der Waals surface area contributed by atoms with Crippen molar-refractivity contribution in [3.8, 4) is 0 Å². The fourth-order valence-electron chi connectivity index (χ4n) is 2.72. The minimum atomic E-state index is -0.999. The van der Waals surface area contributed by atoms with Crippen LogP contribution in [0.4, 0.5) is 0 Å². The van der Waals surface area contributed by atoms with Crippen molar-refractivity contribution in [1.82, 2.24) is 4.90 Å². The van der Waals surface area contributed by atoms with Crippen molar-refractivity contribution in [2.75, 3.05) is 13.1 Å². The molecule has 2 atom stereocenters. The Balaban J connectivity index is 1.70. The van der Waals surface area contributed by atoms with Gasteiger partial charge in [-0.2, -0.15) is 0 Å². The molecular weight excluding hydrogens is 222 g/mol. The van der Waals surface area contributed by atoms with E-state index in [4.69, 9.17) is 14.3 Å². The summed E-state index contributed by atoms with van der Waals surface area (Å²) in [6.07, 6.45) is 4.34. The molecule has 3 heterocycles. The standard InChI is InChI=1S/C12H15NO4/c14-12(15)11-8(3-4-16-11)5-13-6-9-1-2-10(7-13)17-9/h3-4,9-10H,1-2,5-7H2,(H,14,15). The third-order valence-electron chi connectivity index (χ3n) is 3.45. The number of hydrogen-bond donors (Lipinski definition) is 1. The molecule has 5 heteroatoms. The smallest absolute Gasteiger partial charge is 0.372 e. The zero-order valence-electron chi connectivity index (χ0n) is 9.46. The van der Waals surface area contributed by atoms with Gasteiger partial charge in [0, 0.05) is 25.2 Å². The lowest BCUT2D eigenvalue weighted by molar-refractivity contribution is -0.0411. The monoisotopic (exact) mass is 237 g/mol. The van der Waals surface area contributed by atoms with Crippen molar-refractivity contribution < 1.29 is 19.1 Å². The van der Waals surface area contributed by atoms with Crippen LogP contribution in [0.15, 0.2) is 16.7 Å². The van der Waals surface area contributed by atoms with Crippen LogP contribution >= 0.6 is 0 Å². The van der Waals surface area contributed by atoms with Crippen molar-refractivity contribution in [3.63, 3.8) is 0 Å². The minimum absolute atomic E-state index is 0.0591. The SMILES string of the molecule is O=C(O)c1occc1CN1CC2CCC(C1)O2. The van der Waals surface area contributed by atoms with E-state index in [9.17, 15) is 4.79 Å². The fraction of sp³-hybridized carbons (Fsp3) is 0.583. The molecule has 1 aromatic heterocycles. The van der Waals surface area contributed by atoms with E-state index in [0.717, 1.165) is 31.5 Å². The molecule has 0 spiro atoms. The summed E-state index contributed by atoms with van der Waals surface area (Å²) in [6.45, 7) is 2.41. The number of carbonyl (C=O) groups is 1. The maximum absolute atomic E-state index is 10.9. The summed E-state index contributed by atoms with van der Waals surface area (Å²) < 4.78 is 10.7. The molecule has 2 unspecified atom stereocenters. The van der Waals surface area contributed by atoms with Gasteiger partial charge in [-0.1, -0.05) is 0 Å². The molecule has 2 aliphatic heterocycles. The Hall–Kier alpha value is -1.33. The molecule has 17 heavy (non-hydrogen) atoms. The maximum atomic E-state index is 10.9. The number of aromatic carboxylic acids is 1. The predicted molar refractivity (Wildman–Crippen MR) is 58.8 cm³/mol. The molecule has 5 nitrogen and oxygen atoms in total. The maximum Gasteiger partial charge on any atom is 0.372 e. The Labute approximate surface area is 99.0 Å². The van der Waals surface area contributed by atoms with Gasteiger partial charge < -0.3 is 14.3 Å². The second-order valence-corrected chi connectivity index (χ2v) is 4.73. The highest BCUT2D eigenvalue weighted by atomic mass is 16.5. The van der Waals surface area contributed by atoms with E-state index in [1.165, 1.54) is 6.26 Å². The normalized spacial score (nSPS) is 28.5. The largest absolute Gasteiger partial charge is 0.475 e. The van der Waals surface area contributed by atoms with Crippen molar-refractivity contribution in [1.29, 1.82) is 0 Å². The van der Waals surface area contributed by atoms with Crippen LogP contribution in [0.5, 0.6) is 0 Å². The van der Waals surface area contributed by atoms with Gasteiger partial charge >= 0.3 is 5.97 Å². The molecule has 1 aromatic rings. The quantitative estimate of drug-likeness (QED) is 0.859. The average Bonchev–Trinajstić information content (AvgIpc) is 2.86. The number of furan rings is 1. The Kier molecular flexibility index (Phi) is 2.64. The number of carboxylic acid groups (broad SMARTS) is 1. The van der Waals surface area contributed by atoms with Crippen LogP contribution in [0.2, 0.25) is 0 Å². The van der Waals surface area contributed by atoms with Gasteiger partial charge in [0.05, 0.1) is 18.5 Å². The van der Waals surface area contributed by atoms with E-state index < -0.39 is 5.97 Å². The molecule has 0 amide bonds. The lowest BCUT2D eigenvalue weighted by Crippen LogP contribution is -2.42. The summed E-state index contributed by atoms with van der Waals surface area (Å²) in [5.74, 6) is -0.940.